The van der Waals surface area contributed by atoms with Crippen LogP contribution < -0.4 is 16.4 Å². The van der Waals surface area contributed by atoms with E-state index in [4.69, 9.17) is 25.2 Å². The molecule has 2 amide bonds. The van der Waals surface area contributed by atoms with Gasteiger partial charge in [0.15, 0.2) is 0 Å². The van der Waals surface area contributed by atoms with E-state index >= 15 is 0 Å². The van der Waals surface area contributed by atoms with E-state index in [1.807, 2.05) is 48.8 Å². The van der Waals surface area contributed by atoms with Crippen LogP contribution >= 0.6 is 0 Å². The van der Waals surface area contributed by atoms with Gasteiger partial charge in [0, 0.05) is 52.3 Å². The molecule has 3 aromatic heterocycles. The molecular formula is C38H42N6O5. The summed E-state index contributed by atoms with van der Waals surface area (Å²) >= 11 is 0. The number of anilines is 1. The van der Waals surface area contributed by atoms with E-state index in [0.29, 0.717) is 24.1 Å². The third-order valence-electron chi connectivity index (χ3n) is 8.70. The van der Waals surface area contributed by atoms with E-state index in [9.17, 15) is 14.4 Å². The molecule has 0 bridgehead atoms. The van der Waals surface area contributed by atoms with Gasteiger partial charge in [0.1, 0.15) is 23.9 Å². The van der Waals surface area contributed by atoms with Crippen molar-refractivity contribution in [2.75, 3.05) is 11.9 Å². The first-order chi connectivity index (χ1) is 23.5. The predicted octanol–water partition coefficient (Wildman–Crippen LogP) is 6.69. The van der Waals surface area contributed by atoms with Crippen molar-refractivity contribution in [3.63, 3.8) is 0 Å². The Morgan fingerprint density at radius 3 is 2.51 bits per heavy atom. The lowest BCUT2D eigenvalue weighted by Gasteiger charge is -2.30. The van der Waals surface area contributed by atoms with E-state index < -0.39 is 23.6 Å². The number of benzene rings is 2. The molecule has 1 aliphatic carbocycles. The number of pyridine rings is 2. The Kier molecular flexibility index (Phi) is 9.53. The van der Waals surface area contributed by atoms with Gasteiger partial charge in [-0.1, -0.05) is 25.1 Å². The maximum atomic E-state index is 12.5. The summed E-state index contributed by atoms with van der Waals surface area (Å²) in [5, 5.41) is 8.11. The third-order valence-corrected chi connectivity index (χ3v) is 8.70. The van der Waals surface area contributed by atoms with Crippen LogP contribution in [0, 0.1) is 0 Å². The minimum atomic E-state index is -0.665. The Morgan fingerprint density at radius 1 is 1.00 bits per heavy atom. The third kappa shape index (κ3) is 7.66. The number of amides is 2. The number of alkyl carbamates (subject to hydrolysis) is 1. The van der Waals surface area contributed by atoms with Gasteiger partial charge in [-0.05, 0) is 100 Å². The number of rotatable bonds is 9. The molecule has 0 aliphatic heterocycles. The highest BCUT2D eigenvalue weighted by molar-refractivity contribution is 6.00. The topological polar surface area (TPSA) is 150 Å². The summed E-state index contributed by atoms with van der Waals surface area (Å²) in [6, 6.07) is 17.9. The second-order valence-corrected chi connectivity index (χ2v) is 13.4. The predicted molar refractivity (Wildman–Crippen MR) is 190 cm³/mol. The Labute approximate surface area is 285 Å². The normalized spacial score (nSPS) is 16.3. The minimum absolute atomic E-state index is 0.0425. The van der Waals surface area contributed by atoms with Gasteiger partial charge < -0.3 is 30.4 Å². The number of nitrogens with zero attached hydrogens (tertiary/aromatic N) is 3. The summed E-state index contributed by atoms with van der Waals surface area (Å²) in [6.45, 7) is 7.13. The fourth-order valence-corrected chi connectivity index (χ4v) is 6.40. The van der Waals surface area contributed by atoms with E-state index in [0.717, 1.165) is 63.6 Å². The fourth-order valence-electron chi connectivity index (χ4n) is 6.40. The number of nitrogens with one attached hydrogen (secondary N) is 2. The Morgan fingerprint density at radius 2 is 1.78 bits per heavy atom. The molecule has 254 valence electrons. The highest BCUT2D eigenvalue weighted by Gasteiger charge is 2.26. The molecule has 1 saturated carbocycles. The number of primary amides is 1. The lowest BCUT2D eigenvalue weighted by atomic mass is 9.92. The number of fused-ring (bicyclic) bond motifs is 2. The van der Waals surface area contributed by atoms with Gasteiger partial charge >= 0.3 is 12.1 Å². The zero-order valence-electron chi connectivity index (χ0n) is 28.3. The van der Waals surface area contributed by atoms with Crippen molar-refractivity contribution >= 4 is 45.6 Å². The number of carbonyl (C=O) groups is 3. The van der Waals surface area contributed by atoms with Crippen molar-refractivity contribution in [1.29, 1.82) is 0 Å². The van der Waals surface area contributed by atoms with Crippen molar-refractivity contribution in [1.82, 2.24) is 19.9 Å². The fraction of sp³-hybridized carbons (Fsp3) is 0.342. The number of hydrogen-bond acceptors (Lipinski definition) is 8. The molecule has 11 heteroatoms. The molecule has 6 rings (SSSR count). The molecule has 2 aromatic carbocycles. The van der Waals surface area contributed by atoms with Crippen LogP contribution in [0.1, 0.15) is 69.3 Å². The highest BCUT2D eigenvalue weighted by atomic mass is 16.6. The standard InChI is InChI=1S/C38H42N6O5/c1-5-23-22-44(36-34(23)29(16-17-40-36)25-18-24-8-6-7-9-31(24)41-20-25)27-12-15-30(35(39)46)32(19-27)43-26-10-13-28(14-11-26)48-33(45)21-42-37(47)49-38(2,3)4/h6-9,12,15-20,22,26,28,43H,5,10-11,13-14,21H2,1-4H3,(H2,39,46)(H,42,47). The molecule has 3 heterocycles. The van der Waals surface area contributed by atoms with Gasteiger partial charge in [-0.15, -0.1) is 0 Å². The second kappa shape index (κ2) is 14.0. The molecule has 11 nitrogen and oxygen atoms in total. The molecule has 0 unspecified atom stereocenters. The lowest BCUT2D eigenvalue weighted by molar-refractivity contribution is -0.149. The van der Waals surface area contributed by atoms with E-state index in [1.165, 1.54) is 0 Å². The zero-order valence-corrected chi connectivity index (χ0v) is 28.3. The summed E-state index contributed by atoms with van der Waals surface area (Å²) in [5.41, 5.74) is 12.0. The molecule has 1 fully saturated rings. The van der Waals surface area contributed by atoms with Gasteiger partial charge in [0.05, 0.1) is 11.1 Å². The summed E-state index contributed by atoms with van der Waals surface area (Å²) in [7, 11) is 0. The number of para-hydroxylation sites is 1. The number of hydrogen-bond donors (Lipinski definition) is 3. The van der Waals surface area contributed by atoms with Gasteiger partial charge in [-0.2, -0.15) is 0 Å². The van der Waals surface area contributed by atoms with E-state index in [1.54, 1.807) is 26.8 Å². The van der Waals surface area contributed by atoms with Crippen LogP contribution in [0.15, 0.2) is 73.2 Å². The van der Waals surface area contributed by atoms with Crippen molar-refractivity contribution < 1.29 is 23.9 Å². The number of esters is 1. The molecule has 4 N–H and O–H groups in total. The Hall–Kier alpha value is -5.45. The van der Waals surface area contributed by atoms with Crippen LogP contribution in [0.4, 0.5) is 10.5 Å². The van der Waals surface area contributed by atoms with Crippen molar-refractivity contribution in [2.45, 2.75) is 77.5 Å². The number of nitrogens with two attached hydrogens (primary N) is 1. The Bertz CT molecular complexity index is 2020. The number of aromatic nitrogens is 3. The smallest absolute Gasteiger partial charge is 0.408 e. The van der Waals surface area contributed by atoms with Crippen LogP contribution in [0.5, 0.6) is 0 Å². The SMILES string of the molecule is CCc1cn(-c2ccc(C(N)=O)c(NC3CCC(OC(=O)CNC(=O)OC(C)(C)C)CC3)c2)c2nccc(-c3cnc4ccccc4c3)c12. The molecule has 0 spiro atoms. The number of aryl methyl sites for hydroxylation is 1. The van der Waals surface area contributed by atoms with Crippen molar-refractivity contribution in [2.24, 2.45) is 5.73 Å². The monoisotopic (exact) mass is 662 g/mol. The zero-order chi connectivity index (χ0) is 34.7. The van der Waals surface area contributed by atoms with Crippen LogP contribution in [0.2, 0.25) is 0 Å². The van der Waals surface area contributed by atoms with Crippen molar-refractivity contribution in [3.8, 4) is 16.8 Å². The Balaban J connectivity index is 1.19. The van der Waals surface area contributed by atoms with Gasteiger partial charge in [0.2, 0.25) is 0 Å². The minimum Gasteiger partial charge on any atom is -0.461 e. The molecular weight excluding hydrogens is 620 g/mol. The van der Waals surface area contributed by atoms with Crippen LogP contribution in [0.25, 0.3) is 38.8 Å². The second-order valence-electron chi connectivity index (χ2n) is 13.4. The maximum absolute atomic E-state index is 12.5. The molecule has 5 aromatic rings. The lowest BCUT2D eigenvalue weighted by Crippen LogP contribution is -2.38. The van der Waals surface area contributed by atoms with Gasteiger partial charge in [-0.3, -0.25) is 14.6 Å². The van der Waals surface area contributed by atoms with Gasteiger partial charge in [0.25, 0.3) is 5.91 Å². The molecule has 49 heavy (non-hydrogen) atoms. The summed E-state index contributed by atoms with van der Waals surface area (Å²) in [4.78, 5) is 46.2. The molecule has 0 atom stereocenters. The average molecular weight is 663 g/mol. The molecule has 1 aliphatic rings. The number of ether oxygens (including phenoxy) is 2. The van der Waals surface area contributed by atoms with E-state index in [2.05, 4.69) is 40.5 Å². The number of carbonyl (C=O) groups excluding carboxylic acids is 3. The summed E-state index contributed by atoms with van der Waals surface area (Å²) in [5.74, 6) is -1.03. The highest BCUT2D eigenvalue weighted by Crippen LogP contribution is 2.35. The van der Waals surface area contributed by atoms with Crippen molar-refractivity contribution in [3.05, 3.63) is 84.3 Å². The van der Waals surface area contributed by atoms with Crippen LogP contribution in [-0.4, -0.2) is 56.8 Å². The first kappa shape index (κ1) is 33.5. The average Bonchev–Trinajstić information content (AvgIpc) is 3.46. The molecule has 0 radical (unpaired) electrons. The van der Waals surface area contributed by atoms with Crippen LogP contribution in [0.3, 0.4) is 0 Å². The van der Waals surface area contributed by atoms with E-state index in [-0.39, 0.29) is 18.7 Å². The quantitative estimate of drug-likeness (QED) is 0.148. The summed E-state index contributed by atoms with van der Waals surface area (Å²) in [6.07, 6.45) is 8.43. The van der Waals surface area contributed by atoms with Crippen LogP contribution in [-0.2, 0) is 20.7 Å². The summed E-state index contributed by atoms with van der Waals surface area (Å²) < 4.78 is 12.8. The first-order valence-corrected chi connectivity index (χ1v) is 16.7. The maximum Gasteiger partial charge on any atom is 0.408 e. The molecule has 0 saturated heterocycles. The van der Waals surface area contributed by atoms with Gasteiger partial charge in [-0.25, -0.2) is 9.78 Å². The largest absolute Gasteiger partial charge is 0.461 e. The first-order valence-electron chi connectivity index (χ1n) is 16.7.